The number of fused-ring (bicyclic) bond motifs is 1. The van der Waals surface area contributed by atoms with E-state index >= 15 is 0 Å². The predicted molar refractivity (Wildman–Crippen MR) is 99.5 cm³/mol. The summed E-state index contributed by atoms with van der Waals surface area (Å²) in [6.07, 6.45) is -0.545. The minimum Gasteiger partial charge on any atom is -0.492 e. The van der Waals surface area contributed by atoms with Crippen molar-refractivity contribution in [2.45, 2.75) is 19.4 Å². The van der Waals surface area contributed by atoms with Crippen LogP contribution in [0.4, 0.5) is 5.69 Å². The van der Waals surface area contributed by atoms with E-state index in [9.17, 15) is 9.59 Å². The first-order chi connectivity index (χ1) is 13.0. The molecule has 1 aliphatic heterocycles. The van der Waals surface area contributed by atoms with Gasteiger partial charge in [0.1, 0.15) is 12.4 Å². The number of nitrogens with one attached hydrogen (secondary N) is 1. The van der Waals surface area contributed by atoms with Crippen molar-refractivity contribution in [1.82, 2.24) is 0 Å². The molecule has 0 unspecified atom stereocenters. The average Bonchev–Trinajstić information content (AvgIpc) is 2.67. The Morgan fingerprint density at radius 3 is 2.93 bits per heavy atom. The summed E-state index contributed by atoms with van der Waals surface area (Å²) in [5.74, 6) is -0.785. The van der Waals surface area contributed by atoms with E-state index in [0.29, 0.717) is 28.4 Å². The van der Waals surface area contributed by atoms with Gasteiger partial charge in [0, 0.05) is 10.7 Å². The van der Waals surface area contributed by atoms with E-state index in [0.717, 1.165) is 5.56 Å². The van der Waals surface area contributed by atoms with Gasteiger partial charge in [-0.1, -0.05) is 17.7 Å². The van der Waals surface area contributed by atoms with Gasteiger partial charge in [0.05, 0.1) is 17.6 Å². The Morgan fingerprint density at radius 2 is 2.15 bits per heavy atom. The van der Waals surface area contributed by atoms with Crippen LogP contribution in [0.1, 0.15) is 18.1 Å². The van der Waals surface area contributed by atoms with Gasteiger partial charge in [-0.2, -0.15) is 5.26 Å². The molecule has 27 heavy (non-hydrogen) atoms. The van der Waals surface area contributed by atoms with Crippen molar-refractivity contribution in [1.29, 1.82) is 5.26 Å². The van der Waals surface area contributed by atoms with Crippen molar-refractivity contribution >= 4 is 29.2 Å². The van der Waals surface area contributed by atoms with Gasteiger partial charge in [0.2, 0.25) is 0 Å². The molecule has 0 radical (unpaired) electrons. The van der Waals surface area contributed by atoms with Gasteiger partial charge >= 0.3 is 5.97 Å². The summed E-state index contributed by atoms with van der Waals surface area (Å²) in [4.78, 5) is 24.7. The lowest BCUT2D eigenvalue weighted by molar-refractivity contribution is -0.158. The van der Waals surface area contributed by atoms with Gasteiger partial charge < -0.3 is 14.8 Å². The topological polar surface area (TPSA) is 88.4 Å². The molecule has 3 rings (SSSR count). The third-order valence-corrected chi connectivity index (χ3v) is 4.42. The summed E-state index contributed by atoms with van der Waals surface area (Å²) in [5.41, 5.74) is 1.72. The van der Waals surface area contributed by atoms with Crippen LogP contribution in [-0.2, 0) is 20.7 Å². The van der Waals surface area contributed by atoms with Crippen LogP contribution in [0.25, 0.3) is 0 Å². The van der Waals surface area contributed by atoms with Crippen LogP contribution in [0, 0.1) is 17.2 Å². The molecule has 2 aromatic rings. The van der Waals surface area contributed by atoms with E-state index in [-0.39, 0.29) is 6.61 Å². The number of hydrogen-bond acceptors (Lipinski definition) is 5. The van der Waals surface area contributed by atoms with Gasteiger partial charge in [-0.25, -0.2) is 0 Å². The first-order valence-electron chi connectivity index (χ1n) is 8.39. The van der Waals surface area contributed by atoms with Gasteiger partial charge in [-0.05, 0) is 55.3 Å². The molecule has 138 valence electrons. The monoisotopic (exact) mass is 384 g/mol. The summed E-state index contributed by atoms with van der Waals surface area (Å²) >= 11 is 5.98. The van der Waals surface area contributed by atoms with Crippen LogP contribution < -0.4 is 10.1 Å². The van der Waals surface area contributed by atoms with Gasteiger partial charge in [0.25, 0.3) is 5.91 Å². The predicted octanol–water partition coefficient (Wildman–Crippen LogP) is 3.33. The molecule has 0 saturated carbocycles. The van der Waals surface area contributed by atoms with Crippen molar-refractivity contribution in [3.8, 4) is 11.8 Å². The normalized spacial score (nSPS) is 16.3. The van der Waals surface area contributed by atoms with Gasteiger partial charge in [-0.15, -0.1) is 0 Å². The zero-order valence-corrected chi connectivity index (χ0v) is 15.3. The van der Waals surface area contributed by atoms with Gasteiger partial charge in [-0.3, -0.25) is 9.59 Å². The summed E-state index contributed by atoms with van der Waals surface area (Å²) in [5, 5.41) is 12.1. The van der Waals surface area contributed by atoms with Gasteiger partial charge in [0.15, 0.2) is 6.10 Å². The quantitative estimate of drug-likeness (QED) is 0.817. The molecule has 0 spiro atoms. The Bertz CT molecular complexity index is 922. The molecular weight excluding hydrogens is 368 g/mol. The fraction of sp³-hybridized carbons (Fsp3) is 0.250. The molecule has 2 atom stereocenters. The summed E-state index contributed by atoms with van der Waals surface area (Å²) in [6.45, 7) is 1.68. The number of anilines is 1. The van der Waals surface area contributed by atoms with E-state index in [2.05, 4.69) is 5.32 Å². The minimum absolute atomic E-state index is 0.187. The highest BCUT2D eigenvalue weighted by Gasteiger charge is 2.30. The molecule has 7 heteroatoms. The molecular formula is C20H17ClN2O4. The van der Waals surface area contributed by atoms with Crippen LogP contribution in [0.15, 0.2) is 42.5 Å². The highest BCUT2D eigenvalue weighted by Crippen LogP contribution is 2.30. The van der Waals surface area contributed by atoms with Crippen molar-refractivity contribution in [2.75, 3.05) is 11.9 Å². The molecule has 6 nitrogen and oxygen atoms in total. The molecule has 0 saturated heterocycles. The lowest BCUT2D eigenvalue weighted by atomic mass is 9.97. The van der Waals surface area contributed by atoms with E-state index < -0.39 is 23.9 Å². The average molecular weight is 385 g/mol. The van der Waals surface area contributed by atoms with E-state index in [1.165, 1.54) is 6.92 Å². The number of esters is 1. The molecule has 2 aromatic carbocycles. The van der Waals surface area contributed by atoms with Crippen LogP contribution in [0.2, 0.25) is 5.02 Å². The standard InChI is InChI=1S/C20H17ClN2O4/c1-12(19(24)23-17-4-2-3-13(7-17)10-22)27-20(25)15-8-14-9-16(21)5-6-18(14)26-11-15/h2-7,9,12,15H,8,11H2,1H3,(H,23,24)/t12-,15-/m0/s1. The van der Waals surface area contributed by atoms with E-state index in [1.54, 1.807) is 42.5 Å². The maximum absolute atomic E-state index is 12.4. The van der Waals surface area contributed by atoms with Crippen LogP contribution in [0.5, 0.6) is 5.75 Å². The number of benzene rings is 2. The summed E-state index contributed by atoms with van der Waals surface area (Å²) in [7, 11) is 0. The fourth-order valence-electron chi connectivity index (χ4n) is 2.75. The lowest BCUT2D eigenvalue weighted by Crippen LogP contribution is -2.36. The molecule has 0 aliphatic carbocycles. The Morgan fingerprint density at radius 1 is 1.33 bits per heavy atom. The van der Waals surface area contributed by atoms with Crippen molar-refractivity contribution < 1.29 is 19.1 Å². The summed E-state index contributed by atoms with van der Waals surface area (Å²) in [6, 6.07) is 13.7. The number of amides is 1. The van der Waals surface area contributed by atoms with Crippen molar-refractivity contribution in [3.63, 3.8) is 0 Å². The zero-order valence-electron chi connectivity index (χ0n) is 14.6. The van der Waals surface area contributed by atoms with Crippen LogP contribution in [0.3, 0.4) is 0 Å². The first-order valence-corrected chi connectivity index (χ1v) is 8.77. The largest absolute Gasteiger partial charge is 0.492 e. The zero-order chi connectivity index (χ0) is 19.4. The van der Waals surface area contributed by atoms with E-state index in [4.69, 9.17) is 26.3 Å². The third-order valence-electron chi connectivity index (χ3n) is 4.18. The second-order valence-corrected chi connectivity index (χ2v) is 6.66. The molecule has 1 N–H and O–H groups in total. The number of hydrogen-bond donors (Lipinski definition) is 1. The Kier molecular flexibility index (Phi) is 5.63. The molecule has 1 aliphatic rings. The molecule has 0 aromatic heterocycles. The number of halogens is 1. The summed E-state index contributed by atoms with van der Waals surface area (Å²) < 4.78 is 10.9. The smallest absolute Gasteiger partial charge is 0.313 e. The Balaban J connectivity index is 1.58. The maximum atomic E-state index is 12.4. The van der Waals surface area contributed by atoms with Crippen LogP contribution in [-0.4, -0.2) is 24.6 Å². The van der Waals surface area contributed by atoms with E-state index in [1.807, 2.05) is 6.07 Å². The number of carbonyl (C=O) groups is 2. The number of nitriles is 1. The highest BCUT2D eigenvalue weighted by atomic mass is 35.5. The Hall–Kier alpha value is -3.04. The molecule has 0 bridgehead atoms. The third kappa shape index (κ3) is 4.57. The van der Waals surface area contributed by atoms with Crippen molar-refractivity contribution in [3.05, 3.63) is 58.6 Å². The first kappa shape index (κ1) is 18.7. The molecule has 1 heterocycles. The second-order valence-electron chi connectivity index (χ2n) is 6.23. The molecule has 1 amide bonds. The lowest BCUT2D eigenvalue weighted by Gasteiger charge is -2.25. The number of nitrogens with zero attached hydrogens (tertiary/aromatic N) is 1. The molecule has 0 fully saturated rings. The maximum Gasteiger partial charge on any atom is 0.313 e. The fourth-order valence-corrected chi connectivity index (χ4v) is 2.94. The number of carbonyl (C=O) groups excluding carboxylic acids is 2. The SMILES string of the molecule is C[C@H](OC(=O)[C@@H]1COc2ccc(Cl)cc2C1)C(=O)Nc1cccc(C#N)c1. The second kappa shape index (κ2) is 8.11. The minimum atomic E-state index is -0.982. The Labute approximate surface area is 161 Å². The number of ether oxygens (including phenoxy) is 2. The highest BCUT2D eigenvalue weighted by molar-refractivity contribution is 6.30. The number of rotatable bonds is 4. The van der Waals surface area contributed by atoms with Crippen molar-refractivity contribution in [2.24, 2.45) is 5.92 Å². The van der Waals surface area contributed by atoms with Crippen LogP contribution >= 0.6 is 11.6 Å².